The maximum Gasteiger partial charge on any atom is 0.273 e. The van der Waals surface area contributed by atoms with Gasteiger partial charge in [0.1, 0.15) is 5.82 Å². The van der Waals surface area contributed by atoms with Crippen molar-refractivity contribution in [3.05, 3.63) is 23.7 Å². The molecule has 0 unspecified atom stereocenters. The molecule has 0 saturated carbocycles. The molecule has 1 aliphatic heterocycles. The zero-order valence-corrected chi connectivity index (χ0v) is 14.1. The van der Waals surface area contributed by atoms with Crippen molar-refractivity contribution in [2.45, 2.75) is 19.5 Å². The Morgan fingerprint density at radius 3 is 2.96 bits per heavy atom. The first-order valence-corrected chi connectivity index (χ1v) is 8.03. The summed E-state index contributed by atoms with van der Waals surface area (Å²) in [7, 11) is 3.44. The Balaban J connectivity index is 1.71. The van der Waals surface area contributed by atoms with E-state index in [2.05, 4.69) is 30.2 Å². The molecule has 4 rings (SSSR count). The molecular formula is C15H19N9O. The highest BCUT2D eigenvalue weighted by molar-refractivity contribution is 5.92. The maximum absolute atomic E-state index is 12.2. The van der Waals surface area contributed by atoms with Crippen LogP contribution in [0.3, 0.4) is 0 Å². The van der Waals surface area contributed by atoms with Crippen LogP contribution in [0.15, 0.2) is 12.3 Å². The molecule has 0 bridgehead atoms. The number of carbonyl (C=O) groups excluding carboxylic acids is 1. The number of nitrogen functional groups attached to an aromatic ring is 1. The van der Waals surface area contributed by atoms with E-state index < -0.39 is 0 Å². The summed E-state index contributed by atoms with van der Waals surface area (Å²) in [4.78, 5) is 24.4. The van der Waals surface area contributed by atoms with E-state index >= 15 is 0 Å². The van der Waals surface area contributed by atoms with Crippen LogP contribution in [0, 0.1) is 0 Å². The summed E-state index contributed by atoms with van der Waals surface area (Å²) < 4.78 is 1.90. The number of hydrogen-bond acceptors (Lipinski definition) is 7. The van der Waals surface area contributed by atoms with Gasteiger partial charge in [0.15, 0.2) is 11.3 Å². The molecule has 3 aromatic heterocycles. The van der Waals surface area contributed by atoms with Crippen molar-refractivity contribution in [3.63, 3.8) is 0 Å². The summed E-state index contributed by atoms with van der Waals surface area (Å²) in [5.41, 5.74) is 7.88. The van der Waals surface area contributed by atoms with Gasteiger partial charge in [-0.25, -0.2) is 0 Å². The summed E-state index contributed by atoms with van der Waals surface area (Å²) in [5.74, 6) is 0.843. The van der Waals surface area contributed by atoms with Crippen LogP contribution in [-0.4, -0.2) is 61.4 Å². The largest absolute Gasteiger partial charge is 0.368 e. The molecule has 10 nitrogen and oxygen atoms in total. The third-order valence-electron chi connectivity index (χ3n) is 4.25. The van der Waals surface area contributed by atoms with Crippen LogP contribution < -0.4 is 10.6 Å². The highest BCUT2D eigenvalue weighted by Crippen LogP contribution is 2.26. The molecule has 130 valence electrons. The maximum atomic E-state index is 12.2. The predicted octanol–water partition coefficient (Wildman–Crippen LogP) is 0.244. The number of fused-ring (bicyclic) bond motifs is 2. The van der Waals surface area contributed by atoms with Gasteiger partial charge in [-0.3, -0.25) is 14.6 Å². The van der Waals surface area contributed by atoms with Crippen molar-refractivity contribution in [3.8, 4) is 0 Å². The highest BCUT2D eigenvalue weighted by atomic mass is 16.2. The first-order chi connectivity index (χ1) is 12.0. The van der Waals surface area contributed by atoms with E-state index in [1.807, 2.05) is 10.7 Å². The lowest BCUT2D eigenvalue weighted by Gasteiger charge is -2.21. The first-order valence-electron chi connectivity index (χ1n) is 8.03. The van der Waals surface area contributed by atoms with Gasteiger partial charge in [-0.2, -0.15) is 20.2 Å². The number of rotatable bonds is 2. The molecule has 10 heteroatoms. The van der Waals surface area contributed by atoms with Gasteiger partial charge in [-0.15, -0.1) is 0 Å². The van der Waals surface area contributed by atoms with Crippen LogP contribution in [0.5, 0.6) is 0 Å². The van der Waals surface area contributed by atoms with E-state index in [1.165, 1.54) is 4.90 Å². The Bertz CT molecular complexity index is 942. The number of anilines is 2. The standard InChI is InChI=1S/C15H19N9O/c1-22(2)14(25)11-6-9-8-23(4-3-5-24(9)21-11)13-10-7-17-20-12(10)18-15(16)19-13/h6-7H,3-5,8H2,1-2H3,(H3,16,17,18,19,20). The molecule has 0 radical (unpaired) electrons. The molecule has 3 aromatic rings. The van der Waals surface area contributed by atoms with Gasteiger partial charge in [-0.05, 0) is 12.5 Å². The Labute approximate surface area is 143 Å². The van der Waals surface area contributed by atoms with Gasteiger partial charge in [0, 0.05) is 27.2 Å². The van der Waals surface area contributed by atoms with Gasteiger partial charge in [-0.1, -0.05) is 0 Å². The number of nitrogens with zero attached hydrogens (tertiary/aromatic N) is 7. The van der Waals surface area contributed by atoms with E-state index in [0.29, 0.717) is 17.9 Å². The molecule has 3 N–H and O–H groups in total. The second-order valence-electron chi connectivity index (χ2n) is 6.26. The molecule has 0 saturated heterocycles. The molecular weight excluding hydrogens is 322 g/mol. The van der Waals surface area contributed by atoms with Crippen molar-refractivity contribution in [2.75, 3.05) is 31.3 Å². The number of carbonyl (C=O) groups is 1. The van der Waals surface area contributed by atoms with E-state index in [9.17, 15) is 4.79 Å². The Kier molecular flexibility index (Phi) is 3.52. The summed E-state index contributed by atoms with van der Waals surface area (Å²) in [6.07, 6.45) is 2.58. The number of nitrogens with two attached hydrogens (primary N) is 1. The Hall–Kier alpha value is -3.17. The molecule has 0 aliphatic carbocycles. The minimum atomic E-state index is -0.101. The second kappa shape index (κ2) is 5.72. The van der Waals surface area contributed by atoms with E-state index in [1.54, 1.807) is 20.3 Å². The van der Waals surface area contributed by atoms with Crippen LogP contribution in [-0.2, 0) is 13.1 Å². The number of H-pyrrole nitrogens is 1. The third kappa shape index (κ3) is 2.65. The monoisotopic (exact) mass is 341 g/mol. The van der Waals surface area contributed by atoms with Crippen LogP contribution in [0.4, 0.5) is 11.8 Å². The first kappa shape index (κ1) is 15.4. The fourth-order valence-electron chi connectivity index (χ4n) is 3.05. The minimum Gasteiger partial charge on any atom is -0.368 e. The smallest absolute Gasteiger partial charge is 0.273 e. The van der Waals surface area contributed by atoms with Crippen molar-refractivity contribution in [1.82, 2.24) is 34.8 Å². The Morgan fingerprint density at radius 2 is 2.16 bits per heavy atom. The zero-order valence-electron chi connectivity index (χ0n) is 14.1. The van der Waals surface area contributed by atoms with Crippen molar-refractivity contribution in [2.24, 2.45) is 0 Å². The lowest BCUT2D eigenvalue weighted by atomic mass is 10.3. The topological polar surface area (TPSA) is 122 Å². The number of nitrogens with one attached hydrogen (secondary N) is 1. The molecule has 4 heterocycles. The fourth-order valence-corrected chi connectivity index (χ4v) is 3.05. The summed E-state index contributed by atoms with van der Waals surface area (Å²) in [6.45, 7) is 2.14. The number of aromatic amines is 1. The quantitative estimate of drug-likeness (QED) is 0.685. The molecule has 1 amide bonds. The molecule has 0 aromatic carbocycles. The van der Waals surface area contributed by atoms with Gasteiger partial charge in [0.25, 0.3) is 5.91 Å². The lowest BCUT2D eigenvalue weighted by molar-refractivity contribution is 0.0821. The SMILES string of the molecule is CN(C)C(=O)c1cc2n(n1)CCCN(c1nc(N)nc3[nH]ncc13)C2. The molecule has 0 fully saturated rings. The minimum absolute atomic E-state index is 0.101. The highest BCUT2D eigenvalue weighted by Gasteiger charge is 2.23. The van der Waals surface area contributed by atoms with Crippen LogP contribution in [0.25, 0.3) is 11.0 Å². The summed E-state index contributed by atoms with van der Waals surface area (Å²) >= 11 is 0. The zero-order chi connectivity index (χ0) is 17.6. The van der Waals surface area contributed by atoms with Crippen LogP contribution in [0.1, 0.15) is 22.6 Å². The average molecular weight is 341 g/mol. The number of aromatic nitrogens is 6. The lowest BCUT2D eigenvalue weighted by Crippen LogP contribution is -2.24. The Morgan fingerprint density at radius 1 is 1.32 bits per heavy atom. The van der Waals surface area contributed by atoms with Crippen molar-refractivity contribution in [1.29, 1.82) is 0 Å². The molecule has 25 heavy (non-hydrogen) atoms. The summed E-state index contributed by atoms with van der Waals surface area (Å²) in [6, 6.07) is 1.85. The molecule has 0 spiro atoms. The predicted molar refractivity (Wildman–Crippen MR) is 92.0 cm³/mol. The van der Waals surface area contributed by atoms with Crippen LogP contribution >= 0.6 is 0 Å². The third-order valence-corrected chi connectivity index (χ3v) is 4.25. The van der Waals surface area contributed by atoms with Gasteiger partial charge in [0.2, 0.25) is 5.95 Å². The molecule has 0 atom stereocenters. The molecule has 1 aliphatic rings. The second-order valence-corrected chi connectivity index (χ2v) is 6.26. The van der Waals surface area contributed by atoms with E-state index in [-0.39, 0.29) is 11.9 Å². The van der Waals surface area contributed by atoms with E-state index in [4.69, 9.17) is 5.73 Å². The van der Waals surface area contributed by atoms with Crippen molar-refractivity contribution >= 4 is 28.7 Å². The average Bonchev–Trinajstić information content (AvgIpc) is 3.15. The van der Waals surface area contributed by atoms with Gasteiger partial charge in [0.05, 0.1) is 23.8 Å². The van der Waals surface area contributed by atoms with Gasteiger partial charge < -0.3 is 15.5 Å². The normalized spacial score (nSPS) is 14.4. The number of hydrogen-bond donors (Lipinski definition) is 2. The number of amides is 1. The van der Waals surface area contributed by atoms with Gasteiger partial charge >= 0.3 is 0 Å². The van der Waals surface area contributed by atoms with Crippen LogP contribution in [0.2, 0.25) is 0 Å². The van der Waals surface area contributed by atoms with E-state index in [0.717, 1.165) is 36.4 Å². The van der Waals surface area contributed by atoms with Crippen molar-refractivity contribution < 1.29 is 4.79 Å². The summed E-state index contributed by atoms with van der Waals surface area (Å²) in [5, 5.41) is 12.1. The fraction of sp³-hybridized carbons (Fsp3) is 0.400. The number of aryl methyl sites for hydroxylation is 1.